The summed E-state index contributed by atoms with van der Waals surface area (Å²) in [5.41, 5.74) is 0.852. The smallest absolute Gasteiger partial charge is 0.226 e. The predicted molar refractivity (Wildman–Crippen MR) is 108 cm³/mol. The molecule has 0 saturated heterocycles. The van der Waals surface area contributed by atoms with E-state index in [1.54, 1.807) is 32.7 Å². The Balaban J connectivity index is 1.48. The molecule has 9 heteroatoms. The van der Waals surface area contributed by atoms with Crippen LogP contribution in [0.3, 0.4) is 0 Å². The van der Waals surface area contributed by atoms with Crippen LogP contribution >= 0.6 is 11.3 Å². The van der Waals surface area contributed by atoms with E-state index in [1.807, 2.05) is 29.6 Å². The third-order valence-electron chi connectivity index (χ3n) is 4.22. The standard InChI is InChI=1S/C20H23N3O5S/c1-25-14-10-13(11-15(26-2)19(14)27-3)12-21-17(24)7-4-8-18-22-20(23-28-18)16-6-5-9-29-16/h5-6,9-11H,4,7-8,12H2,1-3H3,(H,21,24). The Morgan fingerprint density at radius 2 is 1.93 bits per heavy atom. The molecule has 0 aliphatic carbocycles. The zero-order valence-electron chi connectivity index (χ0n) is 16.6. The van der Waals surface area contributed by atoms with Crippen LogP contribution in [0.1, 0.15) is 24.3 Å². The molecule has 8 nitrogen and oxygen atoms in total. The molecule has 0 atom stereocenters. The van der Waals surface area contributed by atoms with Crippen molar-refractivity contribution in [3.63, 3.8) is 0 Å². The average Bonchev–Trinajstić information content (AvgIpc) is 3.43. The van der Waals surface area contributed by atoms with Gasteiger partial charge in [0.05, 0.1) is 26.2 Å². The summed E-state index contributed by atoms with van der Waals surface area (Å²) in [4.78, 5) is 17.5. The number of aromatic nitrogens is 2. The Morgan fingerprint density at radius 1 is 1.17 bits per heavy atom. The van der Waals surface area contributed by atoms with E-state index in [-0.39, 0.29) is 5.91 Å². The van der Waals surface area contributed by atoms with Crippen LogP contribution in [0.25, 0.3) is 10.7 Å². The van der Waals surface area contributed by atoms with Gasteiger partial charge in [0.2, 0.25) is 23.4 Å². The van der Waals surface area contributed by atoms with Crippen molar-refractivity contribution < 1.29 is 23.5 Å². The van der Waals surface area contributed by atoms with Crippen LogP contribution in [0.5, 0.6) is 17.2 Å². The van der Waals surface area contributed by atoms with Crippen molar-refractivity contribution in [2.75, 3.05) is 21.3 Å². The topological polar surface area (TPSA) is 95.7 Å². The summed E-state index contributed by atoms with van der Waals surface area (Å²) < 4.78 is 21.2. The largest absolute Gasteiger partial charge is 0.493 e. The SMILES string of the molecule is COc1cc(CNC(=O)CCCc2nc(-c3cccs3)no2)cc(OC)c1OC. The van der Waals surface area contributed by atoms with Gasteiger partial charge in [-0.05, 0) is 35.6 Å². The number of carbonyl (C=O) groups is 1. The van der Waals surface area contributed by atoms with Crippen LogP contribution < -0.4 is 19.5 Å². The molecule has 1 aromatic carbocycles. The normalized spacial score (nSPS) is 10.6. The highest BCUT2D eigenvalue weighted by molar-refractivity contribution is 7.13. The second-order valence-electron chi connectivity index (χ2n) is 6.15. The Hall–Kier alpha value is -3.07. The molecule has 2 heterocycles. The van der Waals surface area contributed by atoms with E-state index in [1.165, 1.54) is 0 Å². The molecule has 0 unspecified atom stereocenters. The first-order valence-corrected chi connectivity index (χ1v) is 9.94. The number of nitrogens with zero attached hydrogens (tertiary/aromatic N) is 2. The number of rotatable bonds is 10. The molecule has 0 bridgehead atoms. The Morgan fingerprint density at radius 3 is 2.55 bits per heavy atom. The Kier molecular flexibility index (Phi) is 7.07. The van der Waals surface area contributed by atoms with Gasteiger partial charge in [-0.2, -0.15) is 4.98 Å². The van der Waals surface area contributed by atoms with Crippen LogP contribution in [0.4, 0.5) is 0 Å². The van der Waals surface area contributed by atoms with Gasteiger partial charge >= 0.3 is 0 Å². The monoisotopic (exact) mass is 417 g/mol. The lowest BCUT2D eigenvalue weighted by Gasteiger charge is -2.14. The third-order valence-corrected chi connectivity index (χ3v) is 5.08. The lowest BCUT2D eigenvalue weighted by atomic mass is 10.1. The van der Waals surface area contributed by atoms with E-state index in [0.717, 1.165) is 10.4 Å². The number of methoxy groups -OCH3 is 3. The van der Waals surface area contributed by atoms with Gasteiger partial charge in [0, 0.05) is 19.4 Å². The van der Waals surface area contributed by atoms with Crippen molar-refractivity contribution in [3.8, 4) is 28.0 Å². The Bertz CT molecular complexity index is 915. The lowest BCUT2D eigenvalue weighted by molar-refractivity contribution is -0.121. The molecule has 0 aliphatic heterocycles. The fraction of sp³-hybridized carbons (Fsp3) is 0.350. The van der Waals surface area contributed by atoms with Gasteiger partial charge in [0.25, 0.3) is 0 Å². The maximum atomic E-state index is 12.2. The number of carbonyl (C=O) groups excluding carboxylic acids is 1. The molecular weight excluding hydrogens is 394 g/mol. The van der Waals surface area contributed by atoms with Crippen LogP contribution in [-0.2, 0) is 17.8 Å². The number of aryl methyl sites for hydroxylation is 1. The van der Waals surface area contributed by atoms with Gasteiger partial charge in [-0.3, -0.25) is 4.79 Å². The molecule has 1 N–H and O–H groups in total. The summed E-state index contributed by atoms with van der Waals surface area (Å²) in [6, 6.07) is 7.50. The minimum absolute atomic E-state index is 0.0586. The molecule has 29 heavy (non-hydrogen) atoms. The van der Waals surface area contributed by atoms with Crippen molar-refractivity contribution in [3.05, 3.63) is 41.1 Å². The molecule has 2 aromatic heterocycles. The molecule has 1 amide bonds. The highest BCUT2D eigenvalue weighted by Gasteiger charge is 2.14. The lowest BCUT2D eigenvalue weighted by Crippen LogP contribution is -2.22. The van der Waals surface area contributed by atoms with E-state index in [4.69, 9.17) is 18.7 Å². The van der Waals surface area contributed by atoms with E-state index in [0.29, 0.717) is 54.8 Å². The fourth-order valence-electron chi connectivity index (χ4n) is 2.79. The highest BCUT2D eigenvalue weighted by atomic mass is 32.1. The third kappa shape index (κ3) is 5.26. The Labute approximate surface area is 172 Å². The zero-order valence-corrected chi connectivity index (χ0v) is 17.4. The fourth-order valence-corrected chi connectivity index (χ4v) is 3.44. The minimum Gasteiger partial charge on any atom is -0.493 e. The molecular formula is C20H23N3O5S. The number of hydrogen-bond acceptors (Lipinski definition) is 8. The summed E-state index contributed by atoms with van der Waals surface area (Å²) in [5.74, 6) is 2.68. The molecule has 3 aromatic rings. The number of benzene rings is 1. The van der Waals surface area contributed by atoms with E-state index in [2.05, 4.69) is 15.5 Å². The van der Waals surface area contributed by atoms with Gasteiger partial charge in [0.15, 0.2) is 11.5 Å². The van der Waals surface area contributed by atoms with Gasteiger partial charge in [-0.1, -0.05) is 11.2 Å². The van der Waals surface area contributed by atoms with Crippen LogP contribution in [0, 0.1) is 0 Å². The minimum atomic E-state index is -0.0586. The van der Waals surface area contributed by atoms with Crippen molar-refractivity contribution in [1.82, 2.24) is 15.5 Å². The first kappa shape index (κ1) is 20.7. The van der Waals surface area contributed by atoms with E-state index >= 15 is 0 Å². The number of ether oxygens (including phenoxy) is 3. The first-order valence-electron chi connectivity index (χ1n) is 9.06. The number of nitrogens with one attached hydrogen (secondary N) is 1. The van der Waals surface area contributed by atoms with Gasteiger partial charge in [0.1, 0.15) is 0 Å². The highest BCUT2D eigenvalue weighted by Crippen LogP contribution is 2.38. The zero-order chi connectivity index (χ0) is 20.6. The van der Waals surface area contributed by atoms with Crippen molar-refractivity contribution in [1.29, 1.82) is 0 Å². The molecule has 0 aliphatic rings. The first-order chi connectivity index (χ1) is 14.1. The molecule has 0 spiro atoms. The molecule has 3 rings (SSSR count). The predicted octanol–water partition coefficient (Wildman–Crippen LogP) is 3.46. The summed E-state index contributed by atoms with van der Waals surface area (Å²) in [7, 11) is 4.66. The van der Waals surface area contributed by atoms with Gasteiger partial charge in [-0.15, -0.1) is 11.3 Å². The second kappa shape index (κ2) is 9.92. The number of thiophene rings is 1. The average molecular weight is 417 g/mol. The number of hydrogen-bond donors (Lipinski definition) is 1. The van der Waals surface area contributed by atoms with Crippen LogP contribution in [0.2, 0.25) is 0 Å². The maximum Gasteiger partial charge on any atom is 0.226 e. The van der Waals surface area contributed by atoms with Crippen molar-refractivity contribution in [2.45, 2.75) is 25.8 Å². The van der Waals surface area contributed by atoms with E-state index < -0.39 is 0 Å². The van der Waals surface area contributed by atoms with Crippen LogP contribution in [0.15, 0.2) is 34.2 Å². The quantitative estimate of drug-likeness (QED) is 0.540. The van der Waals surface area contributed by atoms with Gasteiger partial charge < -0.3 is 24.1 Å². The summed E-state index contributed by atoms with van der Waals surface area (Å²) in [6.45, 7) is 0.360. The van der Waals surface area contributed by atoms with Crippen LogP contribution in [-0.4, -0.2) is 37.4 Å². The summed E-state index contributed by atoms with van der Waals surface area (Å²) in [6.07, 6.45) is 1.53. The maximum absolute atomic E-state index is 12.2. The number of amides is 1. The second-order valence-corrected chi connectivity index (χ2v) is 7.10. The van der Waals surface area contributed by atoms with E-state index in [9.17, 15) is 4.79 Å². The summed E-state index contributed by atoms with van der Waals surface area (Å²) in [5, 5.41) is 8.83. The molecule has 0 radical (unpaired) electrons. The summed E-state index contributed by atoms with van der Waals surface area (Å²) >= 11 is 1.56. The van der Waals surface area contributed by atoms with Crippen molar-refractivity contribution in [2.24, 2.45) is 0 Å². The molecule has 154 valence electrons. The molecule has 0 fully saturated rings. The van der Waals surface area contributed by atoms with Crippen molar-refractivity contribution >= 4 is 17.2 Å². The van der Waals surface area contributed by atoms with Gasteiger partial charge in [-0.25, -0.2) is 0 Å². The molecule has 0 saturated carbocycles.